The van der Waals surface area contributed by atoms with E-state index in [-0.39, 0.29) is 21.9 Å². The second-order valence-corrected chi connectivity index (χ2v) is 7.07. The Bertz CT molecular complexity index is 432. The van der Waals surface area contributed by atoms with Crippen LogP contribution in [0.25, 0.3) is 0 Å². The molecule has 0 saturated heterocycles. The quantitative estimate of drug-likeness (QED) is 0.642. The fourth-order valence-corrected chi connectivity index (χ4v) is 5.29. The molecule has 100 valence electrons. The molecule has 1 amide bonds. The van der Waals surface area contributed by atoms with Gasteiger partial charge in [-0.25, -0.2) is 0 Å². The Kier molecular flexibility index (Phi) is 3.01. The maximum Gasteiger partial charge on any atom is 0.228 e. The van der Waals surface area contributed by atoms with Crippen molar-refractivity contribution in [2.75, 3.05) is 6.54 Å². The van der Waals surface area contributed by atoms with Crippen LogP contribution in [-0.2, 0) is 9.59 Å². The first-order valence-electron chi connectivity index (χ1n) is 6.33. The highest BCUT2D eigenvalue weighted by atomic mass is 79.9. The van der Waals surface area contributed by atoms with Crippen molar-refractivity contribution >= 4 is 27.6 Å². The number of carbonyl (C=O) groups is 2. The molecular formula is C14H20BrNO2. The van der Waals surface area contributed by atoms with E-state index in [9.17, 15) is 9.59 Å². The second-order valence-electron chi connectivity index (χ2n) is 6.15. The number of carbonyl (C=O) groups excluding carboxylic acids is 2. The number of hydrogen-bond donors (Lipinski definition) is 1. The molecule has 0 aliphatic heterocycles. The van der Waals surface area contributed by atoms with Gasteiger partial charge in [-0.1, -0.05) is 42.8 Å². The Morgan fingerprint density at radius 1 is 1.50 bits per heavy atom. The lowest BCUT2D eigenvalue weighted by molar-refractivity contribution is -0.135. The molecule has 2 aliphatic carbocycles. The molecule has 1 N–H and O–H groups in total. The van der Waals surface area contributed by atoms with Crippen LogP contribution in [-0.4, -0.2) is 23.1 Å². The number of amides is 1. The zero-order chi connectivity index (χ0) is 13.8. The van der Waals surface area contributed by atoms with E-state index in [1.54, 1.807) is 6.08 Å². The van der Waals surface area contributed by atoms with Gasteiger partial charge in [-0.3, -0.25) is 9.59 Å². The van der Waals surface area contributed by atoms with E-state index in [2.05, 4.69) is 27.8 Å². The number of ketones is 1. The number of rotatable bonds is 3. The molecule has 4 heteroatoms. The lowest BCUT2D eigenvalue weighted by atomic mass is 9.64. The Labute approximate surface area is 117 Å². The summed E-state index contributed by atoms with van der Waals surface area (Å²) in [4.78, 5) is 24.6. The second kappa shape index (κ2) is 3.92. The summed E-state index contributed by atoms with van der Waals surface area (Å²) in [6, 6.07) is 0. The van der Waals surface area contributed by atoms with Crippen LogP contribution in [0, 0.1) is 16.2 Å². The largest absolute Gasteiger partial charge is 0.352 e. The third-order valence-corrected chi connectivity index (χ3v) is 6.73. The first-order valence-corrected chi connectivity index (χ1v) is 7.25. The van der Waals surface area contributed by atoms with E-state index < -0.39 is 10.8 Å². The summed E-state index contributed by atoms with van der Waals surface area (Å²) in [6.07, 6.45) is 3.22. The summed E-state index contributed by atoms with van der Waals surface area (Å²) >= 11 is 3.49. The van der Waals surface area contributed by atoms with Crippen molar-refractivity contribution in [1.82, 2.24) is 5.32 Å². The fraction of sp³-hybridized carbons (Fsp3) is 0.714. The maximum atomic E-state index is 12.6. The Morgan fingerprint density at radius 3 is 2.56 bits per heavy atom. The Balaban J connectivity index is 2.46. The number of alkyl halides is 1. The van der Waals surface area contributed by atoms with Crippen LogP contribution in [0.3, 0.4) is 0 Å². The molecule has 2 bridgehead atoms. The van der Waals surface area contributed by atoms with Crippen molar-refractivity contribution in [1.29, 1.82) is 0 Å². The molecule has 0 spiro atoms. The molecular weight excluding hydrogens is 294 g/mol. The van der Waals surface area contributed by atoms with Crippen LogP contribution in [0.15, 0.2) is 12.7 Å². The predicted octanol–water partition coefficient (Wildman–Crippen LogP) is 2.45. The van der Waals surface area contributed by atoms with Gasteiger partial charge in [0, 0.05) is 12.0 Å². The lowest BCUT2D eigenvalue weighted by Crippen LogP contribution is -2.50. The SMILES string of the molecule is C=CCNC(=O)C12CCC(C)(C(=O)[C@H]1Br)C2(C)C. The van der Waals surface area contributed by atoms with Gasteiger partial charge in [0.15, 0.2) is 5.78 Å². The molecule has 0 heterocycles. The number of hydrogen-bond acceptors (Lipinski definition) is 2. The van der Waals surface area contributed by atoms with Crippen LogP contribution in [0.1, 0.15) is 33.6 Å². The van der Waals surface area contributed by atoms with Crippen molar-refractivity contribution in [2.45, 2.75) is 38.4 Å². The predicted molar refractivity (Wildman–Crippen MR) is 74.5 cm³/mol. The van der Waals surface area contributed by atoms with Gasteiger partial charge in [0.2, 0.25) is 5.91 Å². The van der Waals surface area contributed by atoms with E-state index in [4.69, 9.17) is 0 Å². The van der Waals surface area contributed by atoms with Gasteiger partial charge < -0.3 is 5.32 Å². The Hall–Kier alpha value is -0.640. The highest BCUT2D eigenvalue weighted by Gasteiger charge is 2.76. The minimum atomic E-state index is -0.623. The van der Waals surface area contributed by atoms with Gasteiger partial charge in [-0.2, -0.15) is 0 Å². The monoisotopic (exact) mass is 313 g/mol. The van der Waals surface area contributed by atoms with Gasteiger partial charge in [0.1, 0.15) is 0 Å². The third-order valence-electron chi connectivity index (χ3n) is 5.53. The van der Waals surface area contributed by atoms with Gasteiger partial charge >= 0.3 is 0 Å². The standard InChI is InChI=1S/C14H20BrNO2/c1-5-8-16-11(18)14-7-6-13(4,12(14,2)3)10(17)9(14)15/h5,9H,1,6-8H2,2-4H3,(H,16,18)/t9-,13?,14?/m1/s1. The summed E-state index contributed by atoms with van der Waals surface area (Å²) in [7, 11) is 0. The molecule has 3 nitrogen and oxygen atoms in total. The minimum Gasteiger partial charge on any atom is -0.352 e. The fourth-order valence-electron chi connectivity index (χ4n) is 3.78. The summed E-state index contributed by atoms with van der Waals surface area (Å²) in [5, 5.41) is 2.88. The summed E-state index contributed by atoms with van der Waals surface area (Å²) in [5.74, 6) is 0.149. The normalized spacial score (nSPS) is 40.9. The smallest absolute Gasteiger partial charge is 0.228 e. The molecule has 18 heavy (non-hydrogen) atoms. The molecule has 3 atom stereocenters. The molecule has 0 aromatic heterocycles. The van der Waals surface area contributed by atoms with Crippen molar-refractivity contribution < 1.29 is 9.59 Å². The summed E-state index contributed by atoms with van der Waals surface area (Å²) < 4.78 is 0. The first-order chi connectivity index (χ1) is 8.25. The lowest BCUT2D eigenvalue weighted by Gasteiger charge is -2.39. The van der Waals surface area contributed by atoms with Crippen LogP contribution in [0.2, 0.25) is 0 Å². The van der Waals surface area contributed by atoms with Crippen LogP contribution < -0.4 is 5.32 Å². The van der Waals surface area contributed by atoms with Crippen molar-refractivity contribution in [3.8, 4) is 0 Å². The Morgan fingerprint density at radius 2 is 2.11 bits per heavy atom. The first kappa shape index (κ1) is 13.8. The molecule has 2 fully saturated rings. The average molecular weight is 314 g/mol. The topological polar surface area (TPSA) is 46.2 Å². The van der Waals surface area contributed by atoms with Crippen LogP contribution >= 0.6 is 15.9 Å². The molecule has 2 saturated carbocycles. The van der Waals surface area contributed by atoms with E-state index in [1.807, 2.05) is 20.8 Å². The molecule has 2 unspecified atom stereocenters. The van der Waals surface area contributed by atoms with E-state index in [1.165, 1.54) is 0 Å². The zero-order valence-electron chi connectivity index (χ0n) is 11.2. The summed E-state index contributed by atoms with van der Waals surface area (Å²) in [6.45, 7) is 10.2. The van der Waals surface area contributed by atoms with E-state index in [0.717, 1.165) is 12.8 Å². The number of fused-ring (bicyclic) bond motifs is 2. The molecule has 2 rings (SSSR count). The third kappa shape index (κ3) is 1.25. The highest BCUT2D eigenvalue weighted by Crippen LogP contribution is 2.72. The van der Waals surface area contributed by atoms with Crippen LogP contribution in [0.4, 0.5) is 0 Å². The van der Waals surface area contributed by atoms with Gasteiger partial charge in [0.05, 0.1) is 10.2 Å². The average Bonchev–Trinajstić information content (AvgIpc) is 2.59. The number of halogens is 1. The van der Waals surface area contributed by atoms with Gasteiger partial charge in [-0.15, -0.1) is 6.58 Å². The minimum absolute atomic E-state index is 0.0242. The van der Waals surface area contributed by atoms with Crippen LogP contribution in [0.5, 0.6) is 0 Å². The number of Topliss-reactive ketones (excluding diaryl/α,β-unsaturated/α-hetero) is 1. The van der Waals surface area contributed by atoms with Crippen molar-refractivity contribution in [3.63, 3.8) is 0 Å². The van der Waals surface area contributed by atoms with Crippen molar-refractivity contribution in [3.05, 3.63) is 12.7 Å². The summed E-state index contributed by atoms with van der Waals surface area (Å²) in [5.41, 5.74) is -1.34. The zero-order valence-corrected chi connectivity index (χ0v) is 12.8. The highest BCUT2D eigenvalue weighted by molar-refractivity contribution is 9.10. The molecule has 0 aromatic rings. The molecule has 0 radical (unpaired) electrons. The van der Waals surface area contributed by atoms with Gasteiger partial charge in [0.25, 0.3) is 0 Å². The van der Waals surface area contributed by atoms with E-state index in [0.29, 0.717) is 6.54 Å². The maximum absolute atomic E-state index is 12.6. The molecule has 2 aliphatic rings. The molecule has 0 aromatic carbocycles. The number of nitrogens with one attached hydrogen (secondary N) is 1. The van der Waals surface area contributed by atoms with Gasteiger partial charge in [-0.05, 0) is 18.3 Å². The van der Waals surface area contributed by atoms with Crippen molar-refractivity contribution in [2.24, 2.45) is 16.2 Å². The van der Waals surface area contributed by atoms with E-state index >= 15 is 0 Å².